The molecule has 9 nitrogen and oxygen atoms in total. The highest BCUT2D eigenvalue weighted by atomic mass is 16.5. The fourth-order valence-electron chi connectivity index (χ4n) is 4.95. The SMILES string of the molecule is COCC(=O)N1CC(=O)N2CC[C@@H](CC(=O)N3CCOCC3)[C@@H](C=CCOc3ccccc3C1)C2. The summed E-state index contributed by atoms with van der Waals surface area (Å²) in [7, 11) is 1.47. The lowest BCUT2D eigenvalue weighted by atomic mass is 9.82. The van der Waals surface area contributed by atoms with Crippen molar-refractivity contribution >= 4 is 17.7 Å². The first-order chi connectivity index (χ1) is 17.0. The molecule has 0 radical (unpaired) electrons. The normalized spacial score (nSPS) is 23.5. The molecule has 35 heavy (non-hydrogen) atoms. The number of hydrogen-bond acceptors (Lipinski definition) is 6. The van der Waals surface area contributed by atoms with E-state index in [4.69, 9.17) is 14.2 Å². The van der Waals surface area contributed by atoms with Gasteiger partial charge in [0.1, 0.15) is 25.5 Å². The third-order valence-corrected chi connectivity index (χ3v) is 6.96. The highest BCUT2D eigenvalue weighted by Crippen LogP contribution is 2.29. The topological polar surface area (TPSA) is 88.6 Å². The summed E-state index contributed by atoms with van der Waals surface area (Å²) in [5.41, 5.74) is 0.837. The van der Waals surface area contributed by atoms with Crippen LogP contribution in [0.25, 0.3) is 0 Å². The fourth-order valence-corrected chi connectivity index (χ4v) is 4.95. The Morgan fingerprint density at radius 1 is 1.06 bits per heavy atom. The van der Waals surface area contributed by atoms with E-state index in [1.54, 1.807) is 0 Å². The van der Waals surface area contributed by atoms with Crippen molar-refractivity contribution in [1.82, 2.24) is 14.7 Å². The van der Waals surface area contributed by atoms with Gasteiger partial charge in [-0.25, -0.2) is 0 Å². The number of fused-ring (bicyclic) bond motifs is 3. The molecule has 3 heterocycles. The smallest absolute Gasteiger partial charge is 0.249 e. The zero-order chi connectivity index (χ0) is 24.6. The van der Waals surface area contributed by atoms with Crippen molar-refractivity contribution in [2.24, 2.45) is 11.8 Å². The molecule has 0 unspecified atom stereocenters. The van der Waals surface area contributed by atoms with Crippen LogP contribution in [0, 0.1) is 11.8 Å². The first kappa shape index (κ1) is 25.2. The maximum absolute atomic E-state index is 13.3. The van der Waals surface area contributed by atoms with Gasteiger partial charge in [0.25, 0.3) is 0 Å². The van der Waals surface area contributed by atoms with Crippen LogP contribution in [0.1, 0.15) is 18.4 Å². The molecule has 3 amide bonds. The monoisotopic (exact) mass is 485 g/mol. The highest BCUT2D eigenvalue weighted by Gasteiger charge is 2.34. The lowest BCUT2D eigenvalue weighted by Gasteiger charge is -2.39. The Balaban J connectivity index is 1.53. The lowest BCUT2D eigenvalue weighted by molar-refractivity contribution is -0.144. The molecular weight excluding hydrogens is 450 g/mol. The molecule has 2 atom stereocenters. The number of carbonyl (C=O) groups is 3. The average Bonchev–Trinajstić information content (AvgIpc) is 2.88. The summed E-state index contributed by atoms with van der Waals surface area (Å²) in [6, 6.07) is 7.56. The largest absolute Gasteiger partial charge is 0.489 e. The number of amides is 3. The third-order valence-electron chi connectivity index (χ3n) is 6.96. The molecule has 2 bridgehead atoms. The van der Waals surface area contributed by atoms with Crippen LogP contribution in [-0.4, -0.2) is 98.7 Å². The molecule has 0 spiro atoms. The average molecular weight is 486 g/mol. The van der Waals surface area contributed by atoms with Crippen LogP contribution in [0.3, 0.4) is 0 Å². The Morgan fingerprint density at radius 3 is 2.66 bits per heavy atom. The molecule has 0 saturated carbocycles. The van der Waals surface area contributed by atoms with E-state index in [9.17, 15) is 14.4 Å². The second kappa shape index (κ2) is 12.2. The zero-order valence-corrected chi connectivity index (χ0v) is 20.4. The van der Waals surface area contributed by atoms with Crippen molar-refractivity contribution in [3.8, 4) is 5.75 Å². The molecule has 0 aliphatic carbocycles. The van der Waals surface area contributed by atoms with Gasteiger partial charge in [-0.2, -0.15) is 0 Å². The van der Waals surface area contributed by atoms with Crippen LogP contribution in [0.5, 0.6) is 5.75 Å². The Bertz CT molecular complexity index is 929. The number of benzene rings is 1. The van der Waals surface area contributed by atoms with E-state index in [2.05, 4.69) is 6.08 Å². The van der Waals surface area contributed by atoms with Crippen molar-refractivity contribution in [3.05, 3.63) is 42.0 Å². The van der Waals surface area contributed by atoms with E-state index >= 15 is 0 Å². The van der Waals surface area contributed by atoms with E-state index in [0.717, 1.165) is 12.0 Å². The Kier molecular flexibility index (Phi) is 8.76. The molecule has 9 heteroatoms. The van der Waals surface area contributed by atoms with Crippen LogP contribution in [0.2, 0.25) is 0 Å². The van der Waals surface area contributed by atoms with E-state index < -0.39 is 0 Å². The summed E-state index contributed by atoms with van der Waals surface area (Å²) in [5.74, 6) is 0.682. The summed E-state index contributed by atoms with van der Waals surface area (Å²) < 4.78 is 16.4. The Labute approximate surface area is 206 Å². The predicted molar refractivity (Wildman–Crippen MR) is 129 cm³/mol. The van der Waals surface area contributed by atoms with E-state index in [1.165, 1.54) is 12.0 Å². The first-order valence-electron chi connectivity index (χ1n) is 12.3. The molecule has 190 valence electrons. The van der Waals surface area contributed by atoms with Gasteiger partial charge >= 0.3 is 0 Å². The molecule has 3 aliphatic heterocycles. The Morgan fingerprint density at radius 2 is 1.86 bits per heavy atom. The first-order valence-corrected chi connectivity index (χ1v) is 12.3. The quantitative estimate of drug-likeness (QED) is 0.598. The number of piperidine rings is 1. The van der Waals surface area contributed by atoms with Crippen LogP contribution in [0.4, 0.5) is 0 Å². The maximum Gasteiger partial charge on any atom is 0.249 e. The number of carbonyl (C=O) groups excluding carboxylic acids is 3. The van der Waals surface area contributed by atoms with Crippen LogP contribution in [-0.2, 0) is 30.4 Å². The molecule has 1 aromatic rings. The van der Waals surface area contributed by atoms with Gasteiger partial charge in [0, 0.05) is 51.8 Å². The van der Waals surface area contributed by atoms with Gasteiger partial charge in [0.15, 0.2) is 0 Å². The number of morpholine rings is 1. The van der Waals surface area contributed by atoms with Crippen molar-refractivity contribution in [2.75, 3.05) is 66.3 Å². The summed E-state index contributed by atoms with van der Waals surface area (Å²) in [6.07, 6.45) is 5.27. The number of para-hydroxylation sites is 1. The standard InChI is InChI=1S/C26H35N3O6/c1-33-19-26(32)29-17-22-5-2-3-7-23(22)35-12-4-6-21-16-28(25(31)18-29)9-8-20(21)15-24(30)27-10-13-34-14-11-27/h2-7,20-21H,8-19H2,1H3/t20-,21-/m0/s1. The van der Waals surface area contributed by atoms with Gasteiger partial charge in [-0.1, -0.05) is 30.4 Å². The Hall–Kier alpha value is -2.91. The highest BCUT2D eigenvalue weighted by molar-refractivity contribution is 5.85. The van der Waals surface area contributed by atoms with Crippen molar-refractivity contribution in [1.29, 1.82) is 0 Å². The van der Waals surface area contributed by atoms with Gasteiger partial charge in [0.2, 0.25) is 17.7 Å². The number of hydrogen-bond donors (Lipinski definition) is 0. The summed E-state index contributed by atoms with van der Waals surface area (Å²) in [6.45, 7) is 4.05. The van der Waals surface area contributed by atoms with Crippen molar-refractivity contribution in [3.63, 3.8) is 0 Å². The fraction of sp³-hybridized carbons (Fsp3) is 0.577. The number of rotatable bonds is 4. The molecule has 2 saturated heterocycles. The second-order valence-electron chi connectivity index (χ2n) is 9.28. The molecule has 3 aliphatic rings. The molecule has 4 rings (SSSR count). The molecule has 2 fully saturated rings. The zero-order valence-electron chi connectivity index (χ0n) is 20.4. The van der Waals surface area contributed by atoms with E-state index in [1.807, 2.05) is 40.1 Å². The van der Waals surface area contributed by atoms with Gasteiger partial charge in [-0.05, 0) is 24.3 Å². The van der Waals surface area contributed by atoms with Gasteiger partial charge < -0.3 is 28.9 Å². The summed E-state index contributed by atoms with van der Waals surface area (Å²) >= 11 is 0. The van der Waals surface area contributed by atoms with Crippen LogP contribution in [0.15, 0.2) is 36.4 Å². The summed E-state index contributed by atoms with van der Waals surface area (Å²) in [5, 5.41) is 0. The molecule has 1 aromatic carbocycles. The molecular formula is C26H35N3O6. The van der Waals surface area contributed by atoms with Gasteiger partial charge in [0.05, 0.1) is 13.2 Å². The summed E-state index contributed by atoms with van der Waals surface area (Å²) in [4.78, 5) is 44.2. The van der Waals surface area contributed by atoms with Crippen LogP contribution >= 0.6 is 0 Å². The van der Waals surface area contributed by atoms with Crippen molar-refractivity contribution < 1.29 is 28.6 Å². The van der Waals surface area contributed by atoms with Crippen LogP contribution < -0.4 is 4.74 Å². The lowest BCUT2D eigenvalue weighted by Crippen LogP contribution is -2.49. The minimum atomic E-state index is -0.244. The maximum atomic E-state index is 13.3. The van der Waals surface area contributed by atoms with E-state index in [-0.39, 0.29) is 49.3 Å². The van der Waals surface area contributed by atoms with E-state index in [0.29, 0.717) is 58.2 Å². The van der Waals surface area contributed by atoms with Gasteiger partial charge in [-0.15, -0.1) is 0 Å². The minimum absolute atomic E-state index is 0.0235. The van der Waals surface area contributed by atoms with Crippen molar-refractivity contribution in [2.45, 2.75) is 19.4 Å². The number of ether oxygens (including phenoxy) is 3. The number of methoxy groups -OCH3 is 1. The molecule has 0 N–H and O–H groups in total. The predicted octanol–water partition coefficient (Wildman–Crippen LogP) is 1.32. The molecule has 0 aromatic heterocycles. The van der Waals surface area contributed by atoms with Gasteiger partial charge in [-0.3, -0.25) is 14.4 Å². The third kappa shape index (κ3) is 6.61. The number of nitrogens with zero attached hydrogens (tertiary/aromatic N) is 3. The second-order valence-corrected chi connectivity index (χ2v) is 9.28. The minimum Gasteiger partial charge on any atom is -0.489 e.